The molecule has 0 bridgehead atoms. The summed E-state index contributed by atoms with van der Waals surface area (Å²) in [6.07, 6.45) is 2.49. The van der Waals surface area contributed by atoms with Gasteiger partial charge in [0.25, 0.3) is 0 Å². The SMILES string of the molecule is CCC(CCCB(O)O)C(N)(CC)C(=O)O. The first-order valence-electron chi connectivity index (χ1n) is 5.76. The lowest BCUT2D eigenvalue weighted by atomic mass is 9.75. The number of hydrogen-bond acceptors (Lipinski definition) is 4. The predicted molar refractivity (Wildman–Crippen MR) is 62.9 cm³/mol. The Morgan fingerprint density at radius 1 is 1.44 bits per heavy atom. The van der Waals surface area contributed by atoms with Gasteiger partial charge >= 0.3 is 13.1 Å². The third-order valence-corrected chi connectivity index (χ3v) is 3.22. The van der Waals surface area contributed by atoms with Crippen LogP contribution in [0.4, 0.5) is 0 Å². The van der Waals surface area contributed by atoms with Gasteiger partial charge in [0.2, 0.25) is 0 Å². The van der Waals surface area contributed by atoms with Gasteiger partial charge in [-0.25, -0.2) is 0 Å². The summed E-state index contributed by atoms with van der Waals surface area (Å²) >= 11 is 0. The molecule has 0 radical (unpaired) electrons. The summed E-state index contributed by atoms with van der Waals surface area (Å²) < 4.78 is 0. The van der Waals surface area contributed by atoms with Crippen molar-refractivity contribution in [1.29, 1.82) is 0 Å². The number of nitrogens with two attached hydrogens (primary N) is 1. The van der Waals surface area contributed by atoms with Gasteiger partial charge in [-0.2, -0.15) is 0 Å². The average Bonchev–Trinajstić information content (AvgIpc) is 2.22. The van der Waals surface area contributed by atoms with Crippen LogP contribution in [0.2, 0.25) is 6.32 Å². The molecule has 0 aromatic rings. The maximum atomic E-state index is 11.1. The second kappa shape index (κ2) is 6.88. The molecule has 2 unspecified atom stereocenters. The molecule has 16 heavy (non-hydrogen) atoms. The van der Waals surface area contributed by atoms with Crippen LogP contribution in [0.15, 0.2) is 0 Å². The summed E-state index contributed by atoms with van der Waals surface area (Å²) in [6, 6.07) is 0. The zero-order valence-electron chi connectivity index (χ0n) is 10.0. The van der Waals surface area contributed by atoms with E-state index >= 15 is 0 Å². The van der Waals surface area contributed by atoms with Crippen LogP contribution in [-0.2, 0) is 4.79 Å². The molecule has 0 saturated carbocycles. The molecular weight excluding hydrogens is 209 g/mol. The van der Waals surface area contributed by atoms with Crippen molar-refractivity contribution in [3.05, 3.63) is 0 Å². The zero-order chi connectivity index (χ0) is 12.8. The number of carboxylic acid groups (broad SMARTS) is 1. The molecule has 0 aliphatic carbocycles. The molecule has 0 fully saturated rings. The van der Waals surface area contributed by atoms with Gasteiger partial charge in [0.15, 0.2) is 0 Å². The number of aliphatic carboxylic acids is 1. The molecule has 0 rings (SSSR count). The molecule has 5 nitrogen and oxygen atoms in total. The highest BCUT2D eigenvalue weighted by Crippen LogP contribution is 2.27. The fourth-order valence-corrected chi connectivity index (χ4v) is 1.99. The van der Waals surface area contributed by atoms with Crippen molar-refractivity contribution in [2.75, 3.05) is 0 Å². The first-order chi connectivity index (χ1) is 7.38. The van der Waals surface area contributed by atoms with E-state index in [0.717, 1.165) is 0 Å². The predicted octanol–water partition coefficient (Wildman–Crippen LogP) is 0.458. The van der Waals surface area contributed by atoms with E-state index < -0.39 is 18.6 Å². The molecule has 6 heteroatoms. The molecule has 0 heterocycles. The molecule has 0 aliphatic rings. The van der Waals surface area contributed by atoms with Crippen molar-refractivity contribution in [3.63, 3.8) is 0 Å². The third-order valence-electron chi connectivity index (χ3n) is 3.22. The molecule has 0 amide bonds. The highest BCUT2D eigenvalue weighted by Gasteiger charge is 2.39. The van der Waals surface area contributed by atoms with E-state index in [-0.39, 0.29) is 12.2 Å². The van der Waals surface area contributed by atoms with Gasteiger partial charge in [0, 0.05) is 0 Å². The highest BCUT2D eigenvalue weighted by molar-refractivity contribution is 6.40. The summed E-state index contributed by atoms with van der Waals surface area (Å²) in [6.45, 7) is 3.66. The van der Waals surface area contributed by atoms with E-state index in [1.165, 1.54) is 0 Å². The zero-order valence-corrected chi connectivity index (χ0v) is 10.0. The van der Waals surface area contributed by atoms with Crippen LogP contribution < -0.4 is 5.73 Å². The average molecular weight is 231 g/mol. The number of hydrogen-bond donors (Lipinski definition) is 4. The normalized spacial score (nSPS) is 16.6. The fourth-order valence-electron chi connectivity index (χ4n) is 1.99. The van der Waals surface area contributed by atoms with Crippen molar-refractivity contribution in [1.82, 2.24) is 0 Å². The van der Waals surface area contributed by atoms with Crippen molar-refractivity contribution in [2.45, 2.75) is 51.4 Å². The van der Waals surface area contributed by atoms with Gasteiger partial charge in [-0.3, -0.25) is 4.79 Å². The topological polar surface area (TPSA) is 104 Å². The lowest BCUT2D eigenvalue weighted by Crippen LogP contribution is -2.53. The largest absolute Gasteiger partial charge is 0.480 e. The Kier molecular flexibility index (Phi) is 6.63. The number of carboxylic acids is 1. The van der Waals surface area contributed by atoms with Crippen molar-refractivity contribution in [3.8, 4) is 0 Å². The summed E-state index contributed by atoms with van der Waals surface area (Å²) in [4.78, 5) is 11.1. The summed E-state index contributed by atoms with van der Waals surface area (Å²) in [5.74, 6) is -1.11. The monoisotopic (exact) mass is 231 g/mol. The standard InChI is InChI=1S/C10H22BNO4/c1-3-8(6-5-7-11(15)16)10(12,4-2)9(13)14/h8,15-16H,3-7,12H2,1-2H3,(H,13,14). The first-order valence-corrected chi connectivity index (χ1v) is 5.76. The molecule has 0 spiro atoms. The smallest absolute Gasteiger partial charge is 0.451 e. The second-order valence-electron chi connectivity index (χ2n) is 4.22. The Morgan fingerprint density at radius 3 is 2.31 bits per heavy atom. The van der Waals surface area contributed by atoms with Crippen LogP contribution in [0.3, 0.4) is 0 Å². The van der Waals surface area contributed by atoms with E-state index in [4.69, 9.17) is 20.9 Å². The van der Waals surface area contributed by atoms with Crippen LogP contribution in [0.5, 0.6) is 0 Å². The molecule has 0 aromatic heterocycles. The van der Waals surface area contributed by atoms with Crippen LogP contribution in [0, 0.1) is 5.92 Å². The van der Waals surface area contributed by atoms with Crippen LogP contribution in [0.1, 0.15) is 39.5 Å². The van der Waals surface area contributed by atoms with E-state index in [1.807, 2.05) is 6.92 Å². The Morgan fingerprint density at radius 2 is 2.00 bits per heavy atom. The minimum Gasteiger partial charge on any atom is -0.480 e. The summed E-state index contributed by atoms with van der Waals surface area (Å²) in [5.41, 5.74) is 4.69. The molecule has 0 aliphatic heterocycles. The Hall–Kier alpha value is -0.585. The van der Waals surface area contributed by atoms with Gasteiger partial charge in [0.1, 0.15) is 5.54 Å². The summed E-state index contributed by atoms with van der Waals surface area (Å²) in [7, 11) is -1.32. The Balaban J connectivity index is 4.40. The lowest BCUT2D eigenvalue weighted by molar-refractivity contribution is -0.146. The maximum absolute atomic E-state index is 11.1. The van der Waals surface area contributed by atoms with E-state index in [0.29, 0.717) is 25.7 Å². The quantitative estimate of drug-likeness (QED) is 0.454. The van der Waals surface area contributed by atoms with Crippen LogP contribution >= 0.6 is 0 Å². The van der Waals surface area contributed by atoms with E-state index in [9.17, 15) is 4.79 Å². The van der Waals surface area contributed by atoms with E-state index in [1.54, 1.807) is 6.92 Å². The molecule has 0 aromatic carbocycles. The third kappa shape index (κ3) is 4.12. The van der Waals surface area contributed by atoms with Gasteiger partial charge in [-0.15, -0.1) is 0 Å². The van der Waals surface area contributed by atoms with Crippen molar-refractivity contribution >= 4 is 13.1 Å². The van der Waals surface area contributed by atoms with Gasteiger partial charge in [-0.05, 0) is 25.1 Å². The highest BCUT2D eigenvalue weighted by atomic mass is 16.4. The minimum atomic E-state index is -1.32. The summed E-state index contributed by atoms with van der Waals surface area (Å²) in [5, 5.41) is 26.5. The van der Waals surface area contributed by atoms with Crippen molar-refractivity contribution < 1.29 is 19.9 Å². The molecule has 5 N–H and O–H groups in total. The van der Waals surface area contributed by atoms with Crippen LogP contribution in [-0.4, -0.2) is 33.8 Å². The number of rotatable bonds is 8. The second-order valence-corrected chi connectivity index (χ2v) is 4.22. The van der Waals surface area contributed by atoms with E-state index in [2.05, 4.69) is 0 Å². The van der Waals surface area contributed by atoms with Crippen molar-refractivity contribution in [2.24, 2.45) is 11.7 Å². The first kappa shape index (κ1) is 15.4. The van der Waals surface area contributed by atoms with Crippen LogP contribution in [0.25, 0.3) is 0 Å². The van der Waals surface area contributed by atoms with Gasteiger partial charge in [-0.1, -0.05) is 26.7 Å². The molecule has 2 atom stereocenters. The molecule has 94 valence electrons. The Bertz CT molecular complexity index is 225. The molecular formula is C10H22BNO4. The fraction of sp³-hybridized carbons (Fsp3) is 0.900. The maximum Gasteiger partial charge on any atom is 0.451 e. The number of carbonyl (C=O) groups is 1. The van der Waals surface area contributed by atoms with Gasteiger partial charge in [0.05, 0.1) is 0 Å². The molecule has 0 saturated heterocycles. The lowest BCUT2D eigenvalue weighted by Gasteiger charge is -2.32. The Labute approximate surface area is 96.8 Å². The van der Waals surface area contributed by atoms with Gasteiger partial charge < -0.3 is 20.9 Å². The minimum absolute atomic E-state index is 0.131.